The molecule has 0 saturated carbocycles. The Kier molecular flexibility index (Phi) is 7.95. The van der Waals surface area contributed by atoms with E-state index in [9.17, 15) is 13.2 Å². The molecule has 0 aliphatic heterocycles. The third kappa shape index (κ3) is 6.38. The van der Waals surface area contributed by atoms with Crippen LogP contribution in [0.2, 0.25) is 0 Å². The summed E-state index contributed by atoms with van der Waals surface area (Å²) in [7, 11) is 0. The number of rotatable bonds is 10. The Morgan fingerprint density at radius 3 is 1.90 bits per heavy atom. The van der Waals surface area contributed by atoms with Gasteiger partial charge in [-0.05, 0) is 66.1 Å². The quantitative estimate of drug-likeness (QED) is 0.311. The fourth-order valence-corrected chi connectivity index (χ4v) is 3.50. The lowest BCUT2D eigenvalue weighted by molar-refractivity contribution is -0.0498. The number of unbranched alkanes of at least 4 members (excludes halogenated alkanes) is 2. The predicted octanol–water partition coefficient (Wildman–Crippen LogP) is 7.61. The van der Waals surface area contributed by atoms with Gasteiger partial charge in [0, 0.05) is 5.56 Å². The molecule has 4 heteroatoms. The van der Waals surface area contributed by atoms with E-state index in [4.69, 9.17) is 0 Å². The van der Waals surface area contributed by atoms with Gasteiger partial charge in [-0.15, -0.1) is 0 Å². The van der Waals surface area contributed by atoms with Gasteiger partial charge in [0.05, 0.1) is 0 Å². The van der Waals surface area contributed by atoms with Gasteiger partial charge in [-0.1, -0.05) is 68.3 Å². The molecule has 0 aliphatic rings. The lowest BCUT2D eigenvalue weighted by Gasteiger charge is -2.09. The second kappa shape index (κ2) is 10.9. The Morgan fingerprint density at radius 2 is 1.33 bits per heavy atom. The minimum Gasteiger partial charge on any atom is -0.435 e. The average molecular weight is 412 g/mol. The maximum Gasteiger partial charge on any atom is 0.387 e. The van der Waals surface area contributed by atoms with Gasteiger partial charge in [-0.25, -0.2) is 4.39 Å². The highest BCUT2D eigenvalue weighted by molar-refractivity contribution is 5.64. The largest absolute Gasteiger partial charge is 0.435 e. The molecule has 0 aromatic heterocycles. The number of aryl methyl sites for hydroxylation is 3. The van der Waals surface area contributed by atoms with Crippen molar-refractivity contribution in [3.8, 4) is 16.9 Å². The molecule has 0 aliphatic carbocycles. The Labute approximate surface area is 176 Å². The molecule has 1 nitrogen and oxygen atoms in total. The van der Waals surface area contributed by atoms with Crippen molar-refractivity contribution in [3.05, 3.63) is 89.2 Å². The van der Waals surface area contributed by atoms with Crippen molar-refractivity contribution in [1.82, 2.24) is 0 Å². The van der Waals surface area contributed by atoms with Crippen LogP contribution < -0.4 is 4.74 Å². The van der Waals surface area contributed by atoms with Crippen molar-refractivity contribution in [2.24, 2.45) is 0 Å². The Balaban J connectivity index is 1.58. The van der Waals surface area contributed by atoms with Crippen LogP contribution >= 0.6 is 0 Å². The fraction of sp³-hybridized carbons (Fsp3) is 0.308. The van der Waals surface area contributed by atoms with Gasteiger partial charge in [0.1, 0.15) is 11.6 Å². The summed E-state index contributed by atoms with van der Waals surface area (Å²) in [5.74, 6) is -0.0145. The molecule has 0 fully saturated rings. The van der Waals surface area contributed by atoms with Crippen LogP contribution in [-0.4, -0.2) is 6.61 Å². The Morgan fingerprint density at radius 1 is 0.733 bits per heavy atom. The zero-order valence-corrected chi connectivity index (χ0v) is 17.2. The number of hydrogen-bond acceptors (Lipinski definition) is 1. The molecule has 0 amide bonds. The average Bonchev–Trinajstić information content (AvgIpc) is 2.74. The molecule has 3 aromatic rings. The van der Waals surface area contributed by atoms with Crippen molar-refractivity contribution < 1.29 is 17.9 Å². The van der Waals surface area contributed by atoms with Gasteiger partial charge >= 0.3 is 6.61 Å². The third-order valence-electron chi connectivity index (χ3n) is 5.22. The van der Waals surface area contributed by atoms with Crippen molar-refractivity contribution >= 4 is 0 Å². The molecule has 158 valence electrons. The first-order chi connectivity index (χ1) is 14.5. The molecule has 0 radical (unpaired) electrons. The molecular formula is C26H27F3O. The van der Waals surface area contributed by atoms with E-state index in [1.807, 2.05) is 36.4 Å². The van der Waals surface area contributed by atoms with E-state index in [1.165, 1.54) is 6.42 Å². The van der Waals surface area contributed by atoms with Crippen LogP contribution in [0.5, 0.6) is 5.75 Å². The van der Waals surface area contributed by atoms with Crippen molar-refractivity contribution in [2.45, 2.75) is 52.1 Å². The predicted molar refractivity (Wildman–Crippen MR) is 116 cm³/mol. The molecule has 0 unspecified atom stereocenters. The molecule has 0 saturated heterocycles. The minimum absolute atomic E-state index is 0.163. The smallest absolute Gasteiger partial charge is 0.387 e. The van der Waals surface area contributed by atoms with Crippen molar-refractivity contribution in [3.63, 3.8) is 0 Å². The number of benzene rings is 3. The summed E-state index contributed by atoms with van der Waals surface area (Å²) in [4.78, 5) is 0. The molecule has 0 N–H and O–H groups in total. The van der Waals surface area contributed by atoms with Crippen LogP contribution in [0.15, 0.2) is 66.7 Å². The second-order valence-electron chi connectivity index (χ2n) is 7.49. The molecular weight excluding hydrogens is 385 g/mol. The number of hydrogen-bond donors (Lipinski definition) is 0. The standard InChI is InChI=1S/C26H27F3O/c1-2-3-4-5-21-12-17-24(25(27)18-21)22-13-8-19(9-14-22)6-7-20-10-15-23(16-11-20)30-26(28)29/h8-18,26H,2-7H2,1H3. The summed E-state index contributed by atoms with van der Waals surface area (Å²) in [5.41, 5.74) is 4.72. The topological polar surface area (TPSA) is 9.23 Å². The molecule has 0 spiro atoms. The monoisotopic (exact) mass is 412 g/mol. The SMILES string of the molecule is CCCCCc1ccc(-c2ccc(CCc3ccc(OC(F)F)cc3)cc2)c(F)c1. The van der Waals surface area contributed by atoms with Gasteiger partial charge < -0.3 is 4.74 Å². The van der Waals surface area contributed by atoms with Crippen LogP contribution in [0.1, 0.15) is 42.9 Å². The molecule has 30 heavy (non-hydrogen) atoms. The van der Waals surface area contributed by atoms with Crippen molar-refractivity contribution in [2.75, 3.05) is 0 Å². The lowest BCUT2D eigenvalue weighted by atomic mass is 9.98. The van der Waals surface area contributed by atoms with E-state index in [2.05, 4.69) is 11.7 Å². The highest BCUT2D eigenvalue weighted by Crippen LogP contribution is 2.25. The Bertz CT molecular complexity index is 918. The van der Waals surface area contributed by atoms with Gasteiger partial charge in [0.15, 0.2) is 0 Å². The van der Waals surface area contributed by atoms with E-state index in [1.54, 1.807) is 30.3 Å². The zero-order chi connectivity index (χ0) is 21.3. The zero-order valence-electron chi connectivity index (χ0n) is 17.2. The van der Waals surface area contributed by atoms with Crippen LogP contribution in [-0.2, 0) is 19.3 Å². The Hall–Kier alpha value is -2.75. The fourth-order valence-electron chi connectivity index (χ4n) is 3.50. The molecule has 3 aromatic carbocycles. The minimum atomic E-state index is -2.81. The lowest BCUT2D eigenvalue weighted by Crippen LogP contribution is -2.01. The molecule has 0 heterocycles. The van der Waals surface area contributed by atoms with Crippen LogP contribution in [0.25, 0.3) is 11.1 Å². The summed E-state index contributed by atoms with van der Waals surface area (Å²) in [6.07, 6.45) is 5.93. The number of alkyl halides is 2. The summed E-state index contributed by atoms with van der Waals surface area (Å²) in [6.45, 7) is -0.647. The summed E-state index contributed by atoms with van der Waals surface area (Å²) in [6, 6.07) is 20.2. The normalized spacial score (nSPS) is 11.1. The molecule has 0 atom stereocenters. The highest BCUT2D eigenvalue weighted by Gasteiger charge is 2.07. The van der Waals surface area contributed by atoms with Crippen LogP contribution in [0.3, 0.4) is 0 Å². The summed E-state index contributed by atoms with van der Waals surface area (Å²) >= 11 is 0. The van der Waals surface area contributed by atoms with Gasteiger partial charge in [-0.2, -0.15) is 8.78 Å². The van der Waals surface area contributed by atoms with E-state index < -0.39 is 6.61 Å². The first kappa shape index (κ1) is 21.9. The van der Waals surface area contributed by atoms with Gasteiger partial charge in [-0.3, -0.25) is 0 Å². The van der Waals surface area contributed by atoms with E-state index in [0.29, 0.717) is 5.56 Å². The van der Waals surface area contributed by atoms with E-state index in [0.717, 1.165) is 54.4 Å². The maximum atomic E-state index is 14.6. The number of ether oxygens (including phenoxy) is 1. The summed E-state index contributed by atoms with van der Waals surface area (Å²) in [5, 5.41) is 0. The number of halogens is 3. The van der Waals surface area contributed by atoms with Gasteiger partial charge in [0.25, 0.3) is 0 Å². The third-order valence-corrected chi connectivity index (χ3v) is 5.22. The van der Waals surface area contributed by atoms with Crippen LogP contribution in [0, 0.1) is 5.82 Å². The maximum absolute atomic E-state index is 14.6. The highest BCUT2D eigenvalue weighted by atomic mass is 19.3. The van der Waals surface area contributed by atoms with E-state index in [-0.39, 0.29) is 11.6 Å². The van der Waals surface area contributed by atoms with Crippen molar-refractivity contribution in [1.29, 1.82) is 0 Å². The van der Waals surface area contributed by atoms with E-state index >= 15 is 0 Å². The second-order valence-corrected chi connectivity index (χ2v) is 7.49. The van der Waals surface area contributed by atoms with Gasteiger partial charge in [0.2, 0.25) is 0 Å². The van der Waals surface area contributed by atoms with Crippen LogP contribution in [0.4, 0.5) is 13.2 Å². The first-order valence-electron chi connectivity index (χ1n) is 10.5. The molecule has 3 rings (SSSR count). The summed E-state index contributed by atoms with van der Waals surface area (Å²) < 4.78 is 43.3. The molecule has 0 bridgehead atoms. The first-order valence-corrected chi connectivity index (χ1v) is 10.5.